The summed E-state index contributed by atoms with van der Waals surface area (Å²) >= 11 is 7.27. The van der Waals surface area contributed by atoms with Gasteiger partial charge in [0.15, 0.2) is 0 Å². The van der Waals surface area contributed by atoms with E-state index in [2.05, 4.69) is 0 Å². The Labute approximate surface area is 96.3 Å². The molecule has 0 bridgehead atoms. The zero-order chi connectivity index (χ0) is 11.0. The van der Waals surface area contributed by atoms with Crippen molar-refractivity contribution in [2.24, 2.45) is 0 Å². The van der Waals surface area contributed by atoms with Crippen LogP contribution in [-0.4, -0.2) is 18.1 Å². The van der Waals surface area contributed by atoms with Gasteiger partial charge < -0.3 is 10.0 Å². The summed E-state index contributed by atoms with van der Waals surface area (Å²) in [5.41, 5.74) is 0.983. The second-order valence-corrected chi connectivity index (χ2v) is 4.59. The summed E-state index contributed by atoms with van der Waals surface area (Å²) in [6.07, 6.45) is 1.19. The molecule has 5 heteroatoms. The monoisotopic (exact) mass is 241 g/mol. The third kappa shape index (κ3) is 1.96. The van der Waals surface area contributed by atoms with Crippen molar-refractivity contribution in [1.82, 2.24) is 0 Å². The molecule has 15 heavy (non-hydrogen) atoms. The van der Waals surface area contributed by atoms with Crippen molar-refractivity contribution in [3.05, 3.63) is 34.3 Å². The van der Waals surface area contributed by atoms with Crippen LogP contribution in [-0.2, 0) is 4.79 Å². The minimum absolute atomic E-state index is 0.659. The average molecular weight is 242 g/mol. The standard InChI is InChI=1S/C10H8ClNO2S/c1-12-7-3-2-6(11)4-8(7)15-9(12)5-10(13)14/h2-5H,1H3,(H,13,14). The Morgan fingerprint density at radius 1 is 1.60 bits per heavy atom. The quantitative estimate of drug-likeness (QED) is 0.768. The molecule has 2 rings (SSSR count). The fourth-order valence-corrected chi connectivity index (χ4v) is 2.73. The Hall–Kier alpha value is -1.13. The van der Waals surface area contributed by atoms with Gasteiger partial charge in [-0.3, -0.25) is 0 Å². The fourth-order valence-electron chi connectivity index (χ4n) is 1.38. The maximum absolute atomic E-state index is 10.6. The van der Waals surface area contributed by atoms with E-state index in [9.17, 15) is 4.79 Å². The number of hydrogen-bond acceptors (Lipinski definition) is 3. The Morgan fingerprint density at radius 3 is 3.00 bits per heavy atom. The Balaban J connectivity index is 2.41. The molecule has 0 aliphatic carbocycles. The number of carbonyl (C=O) groups is 1. The number of rotatable bonds is 1. The van der Waals surface area contributed by atoms with E-state index in [1.165, 1.54) is 17.8 Å². The van der Waals surface area contributed by atoms with Crippen LogP contribution >= 0.6 is 23.4 Å². The number of hydrogen-bond donors (Lipinski definition) is 1. The molecular formula is C10H8ClNO2S. The molecular weight excluding hydrogens is 234 g/mol. The SMILES string of the molecule is CN1C(=CC(=O)O)Sc2cc(Cl)ccc21. The minimum atomic E-state index is -0.941. The van der Waals surface area contributed by atoms with Gasteiger partial charge in [0.2, 0.25) is 0 Å². The number of aliphatic carboxylic acids is 1. The number of carboxylic acids is 1. The number of nitrogens with zero attached hydrogens (tertiary/aromatic N) is 1. The molecule has 1 aromatic rings. The lowest BCUT2D eigenvalue weighted by molar-refractivity contribution is -0.131. The third-order valence-corrected chi connectivity index (χ3v) is 3.46. The van der Waals surface area contributed by atoms with Crippen LogP contribution in [0.25, 0.3) is 0 Å². The van der Waals surface area contributed by atoms with Crippen LogP contribution < -0.4 is 4.90 Å². The first-order valence-electron chi connectivity index (χ1n) is 4.23. The van der Waals surface area contributed by atoms with Crippen molar-refractivity contribution in [2.75, 3.05) is 11.9 Å². The first-order chi connectivity index (χ1) is 7.08. The van der Waals surface area contributed by atoms with E-state index in [0.29, 0.717) is 10.1 Å². The normalized spacial score (nSPS) is 16.9. The van der Waals surface area contributed by atoms with E-state index >= 15 is 0 Å². The molecule has 0 spiro atoms. The van der Waals surface area contributed by atoms with Crippen molar-refractivity contribution in [2.45, 2.75) is 4.90 Å². The summed E-state index contributed by atoms with van der Waals surface area (Å²) in [4.78, 5) is 13.4. The van der Waals surface area contributed by atoms with Crippen LogP contribution in [0.2, 0.25) is 5.02 Å². The minimum Gasteiger partial charge on any atom is -0.478 e. The molecule has 0 amide bonds. The van der Waals surface area contributed by atoms with Gasteiger partial charge in [0.1, 0.15) is 0 Å². The molecule has 0 fully saturated rings. The van der Waals surface area contributed by atoms with Gasteiger partial charge in [-0.15, -0.1) is 0 Å². The molecule has 1 heterocycles. The first-order valence-corrected chi connectivity index (χ1v) is 5.43. The van der Waals surface area contributed by atoms with E-state index in [1.54, 1.807) is 6.07 Å². The van der Waals surface area contributed by atoms with Crippen molar-refractivity contribution >= 4 is 35.0 Å². The smallest absolute Gasteiger partial charge is 0.330 e. The van der Waals surface area contributed by atoms with Gasteiger partial charge in [-0.05, 0) is 18.2 Å². The molecule has 0 saturated carbocycles. The number of thioether (sulfide) groups is 1. The maximum atomic E-state index is 10.6. The van der Waals surface area contributed by atoms with Crippen molar-refractivity contribution < 1.29 is 9.90 Å². The van der Waals surface area contributed by atoms with Gasteiger partial charge in [-0.2, -0.15) is 0 Å². The van der Waals surface area contributed by atoms with Gasteiger partial charge in [-0.25, -0.2) is 4.79 Å². The van der Waals surface area contributed by atoms with Gasteiger partial charge in [0.25, 0.3) is 0 Å². The van der Waals surface area contributed by atoms with E-state index < -0.39 is 5.97 Å². The van der Waals surface area contributed by atoms with Crippen molar-refractivity contribution in [3.8, 4) is 0 Å². The third-order valence-electron chi connectivity index (χ3n) is 2.08. The summed E-state index contributed by atoms with van der Waals surface area (Å²) in [7, 11) is 1.83. The highest BCUT2D eigenvalue weighted by atomic mass is 35.5. The second-order valence-electron chi connectivity index (χ2n) is 3.09. The molecule has 0 unspecified atom stereocenters. The van der Waals surface area contributed by atoms with Crippen LogP contribution in [0.3, 0.4) is 0 Å². The molecule has 0 aromatic heterocycles. The summed E-state index contributed by atoms with van der Waals surface area (Å²) < 4.78 is 0. The fraction of sp³-hybridized carbons (Fsp3) is 0.100. The summed E-state index contributed by atoms with van der Waals surface area (Å²) in [6, 6.07) is 5.51. The van der Waals surface area contributed by atoms with E-state index in [1.807, 2.05) is 24.1 Å². The lowest BCUT2D eigenvalue weighted by atomic mass is 10.3. The zero-order valence-electron chi connectivity index (χ0n) is 7.90. The number of anilines is 1. The van der Waals surface area contributed by atoms with Crippen LogP contribution in [0, 0.1) is 0 Å². The predicted octanol–water partition coefficient (Wildman–Crippen LogP) is 2.81. The molecule has 0 atom stereocenters. The molecule has 0 radical (unpaired) electrons. The molecule has 3 nitrogen and oxygen atoms in total. The molecule has 1 N–H and O–H groups in total. The Morgan fingerprint density at radius 2 is 2.33 bits per heavy atom. The maximum Gasteiger partial charge on any atom is 0.330 e. The van der Waals surface area contributed by atoms with Crippen LogP contribution in [0.15, 0.2) is 34.2 Å². The highest BCUT2D eigenvalue weighted by molar-refractivity contribution is 8.03. The zero-order valence-corrected chi connectivity index (χ0v) is 9.47. The predicted molar refractivity (Wildman–Crippen MR) is 61.4 cm³/mol. The molecule has 1 aliphatic heterocycles. The molecule has 78 valence electrons. The van der Waals surface area contributed by atoms with E-state index in [-0.39, 0.29) is 0 Å². The van der Waals surface area contributed by atoms with Crippen LogP contribution in [0.1, 0.15) is 0 Å². The highest BCUT2D eigenvalue weighted by Gasteiger charge is 2.22. The number of halogens is 1. The average Bonchev–Trinajstić information content (AvgIpc) is 2.42. The summed E-state index contributed by atoms with van der Waals surface area (Å²) in [5, 5.41) is 10.0. The largest absolute Gasteiger partial charge is 0.478 e. The lowest BCUT2D eigenvalue weighted by Gasteiger charge is -2.12. The Kier molecular flexibility index (Phi) is 2.63. The second kappa shape index (κ2) is 3.79. The summed E-state index contributed by atoms with van der Waals surface area (Å²) in [6.45, 7) is 0. The van der Waals surface area contributed by atoms with Crippen LogP contribution in [0.5, 0.6) is 0 Å². The first kappa shape index (κ1) is 10.4. The van der Waals surface area contributed by atoms with E-state index in [4.69, 9.17) is 16.7 Å². The van der Waals surface area contributed by atoms with Gasteiger partial charge in [-0.1, -0.05) is 23.4 Å². The van der Waals surface area contributed by atoms with Gasteiger partial charge in [0, 0.05) is 17.0 Å². The number of benzene rings is 1. The number of fused-ring (bicyclic) bond motifs is 1. The van der Waals surface area contributed by atoms with E-state index in [0.717, 1.165) is 10.6 Å². The molecule has 1 aliphatic rings. The molecule has 1 aromatic carbocycles. The lowest BCUT2D eigenvalue weighted by Crippen LogP contribution is -2.10. The highest BCUT2D eigenvalue weighted by Crippen LogP contribution is 2.45. The van der Waals surface area contributed by atoms with Crippen molar-refractivity contribution in [3.63, 3.8) is 0 Å². The summed E-state index contributed by atoms with van der Waals surface area (Å²) in [5.74, 6) is -0.941. The molecule has 0 saturated heterocycles. The Bertz CT molecular complexity index is 459. The van der Waals surface area contributed by atoms with Crippen molar-refractivity contribution in [1.29, 1.82) is 0 Å². The number of carboxylic acid groups (broad SMARTS) is 1. The van der Waals surface area contributed by atoms with Crippen LogP contribution in [0.4, 0.5) is 5.69 Å². The van der Waals surface area contributed by atoms with Gasteiger partial charge in [0.05, 0.1) is 16.8 Å². The topological polar surface area (TPSA) is 40.5 Å². The van der Waals surface area contributed by atoms with Gasteiger partial charge >= 0.3 is 5.97 Å².